The summed E-state index contributed by atoms with van der Waals surface area (Å²) >= 11 is 0. The van der Waals surface area contributed by atoms with E-state index >= 15 is 0 Å². The smallest absolute Gasteiger partial charge is 0.309 e. The van der Waals surface area contributed by atoms with E-state index in [9.17, 15) is 0 Å². The van der Waals surface area contributed by atoms with E-state index in [4.69, 9.17) is 8.42 Å². The Balaban J connectivity index is 0.000000431. The molecule has 0 aliphatic heterocycles. The van der Waals surface area contributed by atoms with Gasteiger partial charge in [0.25, 0.3) is 0 Å². The Morgan fingerprint density at radius 1 is 0.923 bits per heavy atom. The van der Waals surface area contributed by atoms with Crippen molar-refractivity contribution in [2.75, 3.05) is 20.6 Å². The average Bonchev–Trinajstić information content (AvgIpc) is 2.71. The van der Waals surface area contributed by atoms with E-state index in [0.29, 0.717) is 0 Å². The van der Waals surface area contributed by atoms with Gasteiger partial charge < -0.3 is 4.90 Å². The van der Waals surface area contributed by atoms with Crippen molar-refractivity contribution >= 4 is 35.2 Å². The molecule has 3 nitrogen and oxygen atoms in total. The Morgan fingerprint density at radius 3 is 1.77 bits per heavy atom. The third-order valence-electron chi connectivity index (χ3n) is 4.20. The van der Waals surface area contributed by atoms with Gasteiger partial charge >= 0.3 is 8.26 Å². The lowest BCUT2D eigenvalue weighted by atomic mass is 9.93. The Hall–Kier alpha value is -1.33. The second-order valence-electron chi connectivity index (χ2n) is 6.40. The third-order valence-corrected chi connectivity index (χ3v) is 4.20. The molecule has 0 N–H and O–H groups in total. The van der Waals surface area contributed by atoms with Crippen LogP contribution in [0.15, 0.2) is 54.6 Å². The number of aryl methyl sites for hydroxylation is 2. The summed E-state index contributed by atoms with van der Waals surface area (Å²) in [7, 11) is 9.08. The SMILES string of the molecule is CN(C)CCC=C1c2ccccc2CCc2ccccc21.O=S(=O)(Cl)Cl. The summed E-state index contributed by atoms with van der Waals surface area (Å²) in [5.41, 5.74) is 7.21. The van der Waals surface area contributed by atoms with Crippen LogP contribution in [0.4, 0.5) is 0 Å². The predicted octanol–water partition coefficient (Wildman–Crippen LogP) is 4.88. The number of rotatable bonds is 3. The molecule has 0 heterocycles. The average molecular weight is 412 g/mol. The molecule has 2 aromatic carbocycles. The van der Waals surface area contributed by atoms with Gasteiger partial charge in [-0.15, -0.1) is 0 Å². The molecule has 2 aromatic rings. The first-order valence-electron chi connectivity index (χ1n) is 8.41. The van der Waals surface area contributed by atoms with Crippen LogP contribution >= 0.6 is 21.4 Å². The van der Waals surface area contributed by atoms with Crippen molar-refractivity contribution in [1.29, 1.82) is 0 Å². The lowest BCUT2D eigenvalue weighted by Crippen LogP contribution is -2.12. The van der Waals surface area contributed by atoms with E-state index in [2.05, 4.69) is 95.0 Å². The minimum atomic E-state index is -3.72. The molecule has 0 aromatic heterocycles. The fraction of sp³-hybridized carbons (Fsp3) is 0.300. The molecular weight excluding hydrogens is 389 g/mol. The van der Waals surface area contributed by atoms with E-state index in [1.54, 1.807) is 0 Å². The van der Waals surface area contributed by atoms with Gasteiger partial charge in [-0.1, -0.05) is 54.6 Å². The molecule has 140 valence electrons. The highest BCUT2D eigenvalue weighted by Gasteiger charge is 2.16. The quantitative estimate of drug-likeness (QED) is 0.675. The van der Waals surface area contributed by atoms with Crippen LogP contribution in [0.1, 0.15) is 28.7 Å². The third kappa shape index (κ3) is 6.76. The van der Waals surface area contributed by atoms with Crippen LogP contribution in [0.5, 0.6) is 0 Å². The Labute approximate surface area is 165 Å². The van der Waals surface area contributed by atoms with Gasteiger partial charge in [0.2, 0.25) is 0 Å². The van der Waals surface area contributed by atoms with Crippen LogP contribution < -0.4 is 0 Å². The van der Waals surface area contributed by atoms with Crippen molar-refractivity contribution in [2.24, 2.45) is 0 Å². The predicted molar refractivity (Wildman–Crippen MR) is 111 cm³/mol. The van der Waals surface area contributed by atoms with Crippen molar-refractivity contribution in [1.82, 2.24) is 4.90 Å². The summed E-state index contributed by atoms with van der Waals surface area (Å²) in [4.78, 5) is 2.24. The van der Waals surface area contributed by atoms with Gasteiger partial charge in [-0.3, -0.25) is 0 Å². The monoisotopic (exact) mass is 411 g/mol. The number of hydrogen-bond acceptors (Lipinski definition) is 3. The van der Waals surface area contributed by atoms with Crippen molar-refractivity contribution in [3.63, 3.8) is 0 Å². The molecule has 0 atom stereocenters. The molecule has 26 heavy (non-hydrogen) atoms. The van der Waals surface area contributed by atoms with Crippen LogP contribution in [-0.2, 0) is 21.1 Å². The number of nitrogens with zero attached hydrogens (tertiary/aromatic N) is 1. The van der Waals surface area contributed by atoms with Crippen molar-refractivity contribution in [2.45, 2.75) is 19.3 Å². The number of hydrogen-bond donors (Lipinski definition) is 0. The van der Waals surface area contributed by atoms with Crippen LogP contribution in [-0.4, -0.2) is 34.0 Å². The molecular formula is C20H23Cl2NO2S. The highest BCUT2D eigenvalue weighted by molar-refractivity contribution is 8.31. The zero-order valence-corrected chi connectivity index (χ0v) is 17.3. The van der Waals surface area contributed by atoms with Gasteiger partial charge in [-0.2, -0.15) is 8.42 Å². The van der Waals surface area contributed by atoms with E-state index in [1.807, 2.05) is 0 Å². The molecule has 3 rings (SSSR count). The van der Waals surface area contributed by atoms with E-state index in [0.717, 1.165) is 25.8 Å². The normalized spacial score (nSPS) is 13.2. The molecule has 0 unspecified atom stereocenters. The van der Waals surface area contributed by atoms with E-state index < -0.39 is 8.26 Å². The second-order valence-corrected chi connectivity index (χ2v) is 10.1. The lowest BCUT2D eigenvalue weighted by molar-refractivity contribution is 0.417. The first-order valence-corrected chi connectivity index (χ1v) is 11.5. The number of benzene rings is 2. The summed E-state index contributed by atoms with van der Waals surface area (Å²) in [6.07, 6.45) is 5.78. The van der Waals surface area contributed by atoms with Gasteiger partial charge in [0.15, 0.2) is 0 Å². The molecule has 0 fully saturated rings. The Morgan fingerprint density at radius 2 is 1.35 bits per heavy atom. The van der Waals surface area contributed by atoms with Crippen LogP contribution in [0.2, 0.25) is 0 Å². The highest BCUT2D eigenvalue weighted by Crippen LogP contribution is 2.33. The van der Waals surface area contributed by atoms with Gasteiger partial charge in [0.1, 0.15) is 0 Å². The molecule has 0 radical (unpaired) electrons. The topological polar surface area (TPSA) is 37.4 Å². The van der Waals surface area contributed by atoms with Crippen LogP contribution in [0, 0.1) is 0 Å². The molecule has 0 spiro atoms. The molecule has 6 heteroatoms. The fourth-order valence-corrected chi connectivity index (χ4v) is 3.10. The summed E-state index contributed by atoms with van der Waals surface area (Å²) in [5, 5.41) is 0. The zero-order chi connectivity index (χ0) is 19.2. The Kier molecular flexibility index (Phi) is 7.71. The largest absolute Gasteiger partial charge is 0.317 e. The molecule has 0 amide bonds. The first kappa shape index (κ1) is 21.0. The van der Waals surface area contributed by atoms with Gasteiger partial charge in [-0.05, 0) is 61.2 Å². The van der Waals surface area contributed by atoms with Crippen molar-refractivity contribution in [3.05, 3.63) is 76.9 Å². The molecule has 0 saturated heterocycles. The molecule has 1 aliphatic carbocycles. The maximum Gasteiger partial charge on any atom is 0.317 e. The summed E-state index contributed by atoms with van der Waals surface area (Å²) in [6.45, 7) is 1.09. The van der Waals surface area contributed by atoms with Crippen LogP contribution in [0.25, 0.3) is 5.57 Å². The van der Waals surface area contributed by atoms with Crippen LogP contribution in [0.3, 0.4) is 0 Å². The molecule has 0 saturated carbocycles. The first-order chi connectivity index (χ1) is 12.3. The zero-order valence-electron chi connectivity index (χ0n) is 15.0. The fourth-order valence-electron chi connectivity index (χ4n) is 3.10. The minimum Gasteiger partial charge on any atom is -0.309 e. The maximum absolute atomic E-state index is 9.16. The van der Waals surface area contributed by atoms with Crippen molar-refractivity contribution < 1.29 is 8.42 Å². The van der Waals surface area contributed by atoms with Gasteiger partial charge in [0.05, 0.1) is 0 Å². The number of fused-ring (bicyclic) bond motifs is 2. The summed E-state index contributed by atoms with van der Waals surface area (Å²) in [5.74, 6) is 0. The second kappa shape index (κ2) is 9.56. The molecule has 0 bridgehead atoms. The Bertz CT molecular complexity index is 819. The highest BCUT2D eigenvalue weighted by atomic mass is 36.0. The van der Waals surface area contributed by atoms with E-state index in [1.165, 1.54) is 27.8 Å². The van der Waals surface area contributed by atoms with Crippen molar-refractivity contribution in [3.8, 4) is 0 Å². The maximum atomic E-state index is 9.16. The molecule has 1 aliphatic rings. The van der Waals surface area contributed by atoms with Gasteiger partial charge in [0, 0.05) is 27.9 Å². The van der Waals surface area contributed by atoms with E-state index in [-0.39, 0.29) is 0 Å². The minimum absolute atomic E-state index is 1.09. The standard InChI is InChI=1S/C20H23N.Cl2O2S/c1-21(2)15-7-12-20-18-10-5-3-8-16(18)13-14-17-9-4-6-11-19(17)20;1-5(2,3)4/h3-6,8-12H,7,13-15H2,1-2H3;. The van der Waals surface area contributed by atoms with Gasteiger partial charge in [-0.25, -0.2) is 0 Å². The summed E-state index contributed by atoms with van der Waals surface area (Å²) in [6, 6.07) is 17.7. The summed E-state index contributed by atoms with van der Waals surface area (Å²) < 4.78 is 18.3. The number of halogens is 2. The lowest BCUT2D eigenvalue weighted by Gasteiger charge is -2.13.